The molecule has 0 saturated heterocycles. The lowest BCUT2D eigenvalue weighted by Gasteiger charge is -2.30. The predicted octanol–water partition coefficient (Wildman–Crippen LogP) is 2.63. The van der Waals surface area contributed by atoms with E-state index in [0.717, 1.165) is 18.4 Å². The summed E-state index contributed by atoms with van der Waals surface area (Å²) in [6.45, 7) is 0. The monoisotopic (exact) mass is 219 g/mol. The first-order valence-electron chi connectivity index (χ1n) is 6.27. The van der Waals surface area contributed by atoms with Gasteiger partial charge in [-0.05, 0) is 24.3 Å². The fourth-order valence-corrected chi connectivity index (χ4v) is 2.64. The zero-order valence-electron chi connectivity index (χ0n) is 9.68. The topological polar surface area (TPSA) is 46.2 Å². The van der Waals surface area contributed by atoms with E-state index in [-0.39, 0.29) is 12.1 Å². The largest absolute Gasteiger partial charge is 0.391 e. The third-order valence-electron chi connectivity index (χ3n) is 3.69. The van der Waals surface area contributed by atoms with Gasteiger partial charge in [0.1, 0.15) is 0 Å². The van der Waals surface area contributed by atoms with Crippen LogP contribution in [0.2, 0.25) is 0 Å². The van der Waals surface area contributed by atoms with Crippen molar-refractivity contribution >= 4 is 0 Å². The van der Waals surface area contributed by atoms with Crippen molar-refractivity contribution in [1.82, 2.24) is 0 Å². The molecule has 16 heavy (non-hydrogen) atoms. The predicted molar refractivity (Wildman–Crippen MR) is 66.0 cm³/mol. The summed E-state index contributed by atoms with van der Waals surface area (Å²) in [5.41, 5.74) is 7.16. The lowest BCUT2D eigenvalue weighted by molar-refractivity contribution is 0.0618. The van der Waals surface area contributed by atoms with Crippen LogP contribution in [0.5, 0.6) is 0 Å². The second-order valence-corrected chi connectivity index (χ2v) is 4.83. The Labute approximate surface area is 97.5 Å². The molecule has 0 aliphatic heterocycles. The normalized spacial score (nSPS) is 21.6. The molecular formula is C14H21NO. The van der Waals surface area contributed by atoms with Gasteiger partial charge < -0.3 is 10.8 Å². The van der Waals surface area contributed by atoms with Gasteiger partial charge in [0.25, 0.3) is 0 Å². The van der Waals surface area contributed by atoms with Gasteiger partial charge in [0.2, 0.25) is 0 Å². The lowest BCUT2D eigenvalue weighted by atomic mass is 9.81. The summed E-state index contributed by atoms with van der Waals surface area (Å²) in [5, 5.41) is 10.3. The van der Waals surface area contributed by atoms with Gasteiger partial charge in [0, 0.05) is 0 Å². The number of aliphatic hydroxyl groups excluding tert-OH is 1. The van der Waals surface area contributed by atoms with Gasteiger partial charge in [-0.15, -0.1) is 0 Å². The van der Waals surface area contributed by atoms with E-state index >= 15 is 0 Å². The Hall–Kier alpha value is -0.860. The first-order chi connectivity index (χ1) is 7.79. The van der Waals surface area contributed by atoms with Gasteiger partial charge in [-0.25, -0.2) is 0 Å². The quantitative estimate of drug-likeness (QED) is 0.821. The molecule has 0 amide bonds. The molecule has 2 nitrogen and oxygen atoms in total. The molecule has 2 rings (SSSR count). The number of nitrogens with two attached hydrogens (primary N) is 1. The second kappa shape index (κ2) is 5.46. The Balaban J connectivity index is 2.00. The van der Waals surface area contributed by atoms with Crippen molar-refractivity contribution in [3.63, 3.8) is 0 Å². The molecule has 1 aliphatic rings. The highest BCUT2D eigenvalue weighted by Gasteiger charge is 2.27. The Bertz CT molecular complexity index is 306. The van der Waals surface area contributed by atoms with Crippen molar-refractivity contribution in [2.24, 2.45) is 11.7 Å². The average Bonchev–Trinajstić information content (AvgIpc) is 2.39. The summed E-state index contributed by atoms with van der Waals surface area (Å²) in [6, 6.07) is 9.69. The molecule has 0 bridgehead atoms. The number of hydrogen-bond donors (Lipinski definition) is 2. The van der Waals surface area contributed by atoms with Gasteiger partial charge in [0.15, 0.2) is 0 Å². The molecule has 0 radical (unpaired) electrons. The molecule has 2 atom stereocenters. The Morgan fingerprint density at radius 3 is 2.31 bits per heavy atom. The van der Waals surface area contributed by atoms with E-state index in [0.29, 0.717) is 5.92 Å². The third kappa shape index (κ3) is 2.63. The minimum Gasteiger partial charge on any atom is -0.391 e. The summed E-state index contributed by atoms with van der Waals surface area (Å²) in [7, 11) is 0. The molecule has 0 heterocycles. The Morgan fingerprint density at radius 2 is 1.69 bits per heavy atom. The molecule has 1 saturated carbocycles. The molecule has 0 unspecified atom stereocenters. The molecule has 2 heteroatoms. The summed E-state index contributed by atoms with van der Waals surface area (Å²) in [4.78, 5) is 0. The van der Waals surface area contributed by atoms with Crippen LogP contribution in [0.25, 0.3) is 0 Å². The zero-order valence-corrected chi connectivity index (χ0v) is 9.68. The highest BCUT2D eigenvalue weighted by Crippen LogP contribution is 2.31. The van der Waals surface area contributed by atoms with Gasteiger partial charge in [0.05, 0.1) is 12.1 Å². The summed E-state index contributed by atoms with van der Waals surface area (Å²) >= 11 is 0. The van der Waals surface area contributed by atoms with E-state index in [9.17, 15) is 5.11 Å². The van der Waals surface area contributed by atoms with Crippen molar-refractivity contribution in [3.05, 3.63) is 35.9 Å². The van der Waals surface area contributed by atoms with Crippen LogP contribution in [0.3, 0.4) is 0 Å². The minimum atomic E-state index is -0.386. The maximum atomic E-state index is 10.3. The fraction of sp³-hybridized carbons (Fsp3) is 0.571. The van der Waals surface area contributed by atoms with Gasteiger partial charge in [-0.1, -0.05) is 49.6 Å². The maximum absolute atomic E-state index is 10.3. The van der Waals surface area contributed by atoms with Crippen LogP contribution in [-0.4, -0.2) is 11.2 Å². The van der Waals surface area contributed by atoms with Crippen LogP contribution in [-0.2, 0) is 0 Å². The van der Waals surface area contributed by atoms with Crippen molar-refractivity contribution < 1.29 is 5.11 Å². The number of aliphatic hydroxyl groups is 1. The van der Waals surface area contributed by atoms with Crippen LogP contribution in [0.15, 0.2) is 30.3 Å². The van der Waals surface area contributed by atoms with Crippen molar-refractivity contribution in [1.29, 1.82) is 0 Å². The molecule has 1 aromatic carbocycles. The van der Waals surface area contributed by atoms with Gasteiger partial charge >= 0.3 is 0 Å². The maximum Gasteiger partial charge on any atom is 0.0760 e. The van der Waals surface area contributed by atoms with Crippen LogP contribution >= 0.6 is 0 Å². The molecule has 0 spiro atoms. The summed E-state index contributed by atoms with van der Waals surface area (Å²) < 4.78 is 0. The molecule has 1 fully saturated rings. The smallest absolute Gasteiger partial charge is 0.0760 e. The first kappa shape index (κ1) is 11.6. The Morgan fingerprint density at radius 1 is 1.06 bits per heavy atom. The minimum absolute atomic E-state index is 0.232. The molecule has 3 N–H and O–H groups in total. The van der Waals surface area contributed by atoms with E-state index in [1.807, 2.05) is 30.3 Å². The van der Waals surface area contributed by atoms with E-state index in [1.54, 1.807) is 0 Å². The summed E-state index contributed by atoms with van der Waals surface area (Å²) in [5.74, 6) is 0.393. The Kier molecular flexibility index (Phi) is 3.97. The van der Waals surface area contributed by atoms with Gasteiger partial charge in [-0.2, -0.15) is 0 Å². The molecule has 0 aromatic heterocycles. The fourth-order valence-electron chi connectivity index (χ4n) is 2.64. The first-order valence-corrected chi connectivity index (χ1v) is 6.27. The third-order valence-corrected chi connectivity index (χ3v) is 3.69. The van der Waals surface area contributed by atoms with E-state index in [1.165, 1.54) is 19.3 Å². The van der Waals surface area contributed by atoms with E-state index in [2.05, 4.69) is 0 Å². The SMILES string of the molecule is N[C@H](c1ccccc1)[C@@H](O)C1CCCCC1. The number of benzene rings is 1. The van der Waals surface area contributed by atoms with E-state index in [4.69, 9.17) is 5.73 Å². The van der Waals surface area contributed by atoms with E-state index < -0.39 is 0 Å². The van der Waals surface area contributed by atoms with Crippen LogP contribution in [0, 0.1) is 5.92 Å². The zero-order chi connectivity index (χ0) is 11.4. The van der Waals surface area contributed by atoms with Crippen molar-refractivity contribution in [2.45, 2.75) is 44.2 Å². The summed E-state index contributed by atoms with van der Waals surface area (Å²) in [6.07, 6.45) is 5.65. The lowest BCUT2D eigenvalue weighted by Crippen LogP contribution is -2.34. The van der Waals surface area contributed by atoms with Crippen LogP contribution in [0.4, 0.5) is 0 Å². The second-order valence-electron chi connectivity index (χ2n) is 4.83. The van der Waals surface area contributed by atoms with Crippen molar-refractivity contribution in [3.8, 4) is 0 Å². The van der Waals surface area contributed by atoms with Gasteiger partial charge in [-0.3, -0.25) is 0 Å². The molecule has 1 aliphatic carbocycles. The van der Waals surface area contributed by atoms with Crippen molar-refractivity contribution in [2.75, 3.05) is 0 Å². The molecular weight excluding hydrogens is 198 g/mol. The highest BCUT2D eigenvalue weighted by molar-refractivity contribution is 5.19. The highest BCUT2D eigenvalue weighted by atomic mass is 16.3. The standard InChI is InChI=1S/C14H21NO/c15-13(11-7-3-1-4-8-11)14(16)12-9-5-2-6-10-12/h1,3-4,7-8,12-14,16H,2,5-6,9-10,15H2/t13-,14+/m1/s1. The van der Waals surface area contributed by atoms with Crippen LogP contribution in [0.1, 0.15) is 43.7 Å². The average molecular weight is 219 g/mol. The number of hydrogen-bond acceptors (Lipinski definition) is 2. The molecule has 1 aromatic rings. The van der Waals surface area contributed by atoms with Crippen LogP contribution < -0.4 is 5.73 Å². The molecule has 88 valence electrons. The number of rotatable bonds is 3.